The van der Waals surface area contributed by atoms with Crippen molar-refractivity contribution in [2.45, 2.75) is 0 Å². The zero-order chi connectivity index (χ0) is 28.7. The van der Waals surface area contributed by atoms with Crippen LogP contribution in [0.15, 0.2) is 116 Å². The average Bonchev–Trinajstić information content (AvgIpc) is 3.16. The first-order valence-corrected chi connectivity index (χ1v) is 12.7. The van der Waals surface area contributed by atoms with Gasteiger partial charge in [0.1, 0.15) is 11.5 Å². The van der Waals surface area contributed by atoms with Crippen LogP contribution in [0.1, 0.15) is 0 Å². The number of fused-ring (bicyclic) bond motifs is 2. The number of nitrogens with zero attached hydrogens (tertiary/aromatic N) is 4. The molecule has 200 valence electrons. The van der Waals surface area contributed by atoms with Crippen molar-refractivity contribution in [1.29, 1.82) is 0 Å². The van der Waals surface area contributed by atoms with E-state index in [2.05, 4.69) is 12.7 Å². The highest BCUT2D eigenvalue weighted by Gasteiger charge is 2.11. The van der Waals surface area contributed by atoms with E-state index >= 15 is 0 Å². The Morgan fingerprint density at radius 3 is 1.34 bits per heavy atom. The molecule has 0 saturated carbocycles. The molecule has 0 amide bonds. The highest BCUT2D eigenvalue weighted by molar-refractivity contribution is 5.80. The molecule has 4 aromatic carbocycles. The average molecular weight is 543 g/mol. The predicted octanol–water partition coefficient (Wildman–Crippen LogP) is 2.06. The Morgan fingerprint density at radius 1 is 0.537 bits per heavy atom. The van der Waals surface area contributed by atoms with Gasteiger partial charge >= 0.3 is 0 Å². The number of benzene rings is 4. The maximum Gasteiger partial charge on any atom is 0.265 e. The van der Waals surface area contributed by atoms with Crippen LogP contribution in [0.2, 0.25) is 0 Å². The fourth-order valence-corrected chi connectivity index (χ4v) is 4.65. The minimum Gasteiger partial charge on any atom is -0.459 e. The van der Waals surface area contributed by atoms with Crippen molar-refractivity contribution < 1.29 is 13.9 Å². The van der Waals surface area contributed by atoms with Gasteiger partial charge in [0.05, 0.1) is 25.5 Å². The second-order valence-electron chi connectivity index (χ2n) is 9.40. The van der Waals surface area contributed by atoms with Crippen LogP contribution in [-0.4, -0.2) is 9.13 Å². The Balaban J connectivity index is 1.43. The fourth-order valence-electron chi connectivity index (χ4n) is 4.65. The van der Waals surface area contributed by atoms with Crippen molar-refractivity contribution in [2.75, 3.05) is 0 Å². The topological polar surface area (TPSA) is 95.1 Å². The highest BCUT2D eigenvalue weighted by Crippen LogP contribution is 2.25. The first-order valence-electron chi connectivity index (χ1n) is 12.7. The first kappa shape index (κ1) is 25.6. The van der Waals surface area contributed by atoms with Gasteiger partial charge in [-0.05, 0) is 24.3 Å². The van der Waals surface area contributed by atoms with Gasteiger partial charge in [0.2, 0.25) is 12.7 Å². The smallest absolute Gasteiger partial charge is 0.265 e. The van der Waals surface area contributed by atoms with E-state index in [4.69, 9.17) is 4.74 Å². The maximum absolute atomic E-state index is 13.4. The van der Waals surface area contributed by atoms with Gasteiger partial charge in [0.25, 0.3) is 22.2 Å². The SMILES string of the molecule is C[n+]1[c-]n(-c2cccc(Oc3cccc(-n4[c-][n+](C)c(=O)c5ccccc5c4=O)c3)c2)c(=O)c2ccccc2c1=O. The molecule has 0 fully saturated rings. The van der Waals surface area contributed by atoms with E-state index in [9.17, 15) is 19.2 Å². The highest BCUT2D eigenvalue weighted by atomic mass is 16.5. The molecular formula is C32H22N4O5. The fraction of sp³-hybridized carbons (Fsp3) is 0.0625. The third-order valence-corrected chi connectivity index (χ3v) is 6.68. The molecule has 41 heavy (non-hydrogen) atoms. The van der Waals surface area contributed by atoms with Crippen LogP contribution >= 0.6 is 0 Å². The largest absolute Gasteiger partial charge is 0.459 e. The molecule has 0 atom stereocenters. The summed E-state index contributed by atoms with van der Waals surface area (Å²) in [5.41, 5.74) is -0.592. The van der Waals surface area contributed by atoms with Gasteiger partial charge in [0.15, 0.2) is 0 Å². The third-order valence-electron chi connectivity index (χ3n) is 6.68. The summed E-state index contributed by atoms with van der Waals surface area (Å²) in [7, 11) is 3.08. The van der Waals surface area contributed by atoms with E-state index < -0.39 is 11.1 Å². The van der Waals surface area contributed by atoms with E-state index in [0.29, 0.717) is 33.6 Å². The molecule has 2 aromatic heterocycles. The van der Waals surface area contributed by atoms with Crippen LogP contribution < -0.4 is 36.1 Å². The number of rotatable bonds is 4. The Labute approximate surface area is 232 Å². The van der Waals surface area contributed by atoms with Gasteiger partial charge in [-0.2, -0.15) is 0 Å². The molecule has 0 aliphatic rings. The van der Waals surface area contributed by atoms with E-state index in [1.54, 1.807) is 97.1 Å². The quantitative estimate of drug-likeness (QED) is 0.251. The molecule has 0 saturated heterocycles. The van der Waals surface area contributed by atoms with Gasteiger partial charge in [-0.1, -0.05) is 72.8 Å². The zero-order valence-electron chi connectivity index (χ0n) is 22.1. The summed E-state index contributed by atoms with van der Waals surface area (Å²) in [6.45, 7) is 0. The summed E-state index contributed by atoms with van der Waals surface area (Å²) in [6.07, 6.45) is 5.68. The van der Waals surface area contributed by atoms with Crippen molar-refractivity contribution in [3.05, 3.63) is 151 Å². The van der Waals surface area contributed by atoms with Gasteiger partial charge in [-0.15, -0.1) is 0 Å². The summed E-state index contributed by atoms with van der Waals surface area (Å²) < 4.78 is 11.2. The van der Waals surface area contributed by atoms with Crippen LogP contribution in [0, 0.1) is 12.7 Å². The van der Waals surface area contributed by atoms with Crippen molar-refractivity contribution in [2.24, 2.45) is 14.1 Å². The number of hydrogen-bond acceptors (Lipinski definition) is 5. The van der Waals surface area contributed by atoms with Crippen LogP contribution in [0.4, 0.5) is 0 Å². The minimum atomic E-state index is -0.401. The number of hydrogen-bond donors (Lipinski definition) is 0. The van der Waals surface area contributed by atoms with Gasteiger partial charge in [-0.3, -0.25) is 37.4 Å². The molecule has 0 unspecified atom stereocenters. The normalized spacial score (nSPS) is 11.1. The molecule has 0 radical (unpaired) electrons. The lowest BCUT2D eigenvalue weighted by Gasteiger charge is -2.11. The molecule has 0 spiro atoms. The molecule has 2 heterocycles. The predicted molar refractivity (Wildman–Crippen MR) is 152 cm³/mol. The summed E-state index contributed by atoms with van der Waals surface area (Å²) >= 11 is 0. The summed E-state index contributed by atoms with van der Waals surface area (Å²) in [5, 5.41) is 1.14. The number of aromatic nitrogens is 4. The van der Waals surface area contributed by atoms with Crippen molar-refractivity contribution in [3.63, 3.8) is 0 Å². The van der Waals surface area contributed by atoms with E-state index in [1.807, 2.05) is 0 Å². The summed E-state index contributed by atoms with van der Waals surface area (Å²) in [4.78, 5) is 52.3. The lowest BCUT2D eigenvalue weighted by Crippen LogP contribution is -2.46. The Hall–Kier alpha value is -5.70. The number of ether oxygens (including phenoxy) is 1. The molecule has 0 aliphatic carbocycles. The molecule has 0 aliphatic heterocycles. The van der Waals surface area contributed by atoms with Gasteiger partial charge in [0, 0.05) is 21.5 Å². The van der Waals surface area contributed by atoms with Crippen LogP contribution in [0.5, 0.6) is 11.5 Å². The first-order chi connectivity index (χ1) is 19.8. The van der Waals surface area contributed by atoms with Crippen LogP contribution in [0.25, 0.3) is 32.9 Å². The molecular weight excluding hydrogens is 520 g/mol. The second-order valence-corrected chi connectivity index (χ2v) is 9.40. The van der Waals surface area contributed by atoms with E-state index in [0.717, 1.165) is 0 Å². The van der Waals surface area contributed by atoms with Crippen molar-refractivity contribution in [3.8, 4) is 22.9 Å². The van der Waals surface area contributed by atoms with Crippen molar-refractivity contribution in [1.82, 2.24) is 9.13 Å². The lowest BCUT2D eigenvalue weighted by molar-refractivity contribution is -0.691. The Kier molecular flexibility index (Phi) is 6.31. The van der Waals surface area contributed by atoms with Gasteiger partial charge in [-0.25, -0.2) is 0 Å². The summed E-state index contributed by atoms with van der Waals surface area (Å²) in [5.74, 6) is 0.821. The third kappa shape index (κ3) is 4.59. The summed E-state index contributed by atoms with van der Waals surface area (Å²) in [6, 6.07) is 26.9. The monoisotopic (exact) mass is 542 g/mol. The zero-order valence-corrected chi connectivity index (χ0v) is 22.1. The maximum atomic E-state index is 13.4. The Bertz CT molecular complexity index is 2100. The van der Waals surface area contributed by atoms with E-state index in [1.165, 1.54) is 32.4 Å². The molecule has 0 N–H and O–H groups in total. The molecule has 6 rings (SSSR count). The molecule has 9 nitrogen and oxygen atoms in total. The standard InChI is InChI=1S/C32H22N4O5/c1-33-19-35(31(39)27-15-5-3-13-25(27)29(33)37)21-9-7-11-23(17-21)41-24-12-8-10-22(18-24)36-20-34(2)30(38)26-14-4-6-16-28(26)32(36)40/h3-18H,1-2H3. The number of aryl methyl sites for hydroxylation is 2. The lowest BCUT2D eigenvalue weighted by atomic mass is 10.2. The molecule has 0 bridgehead atoms. The van der Waals surface area contributed by atoms with Gasteiger partial charge < -0.3 is 4.74 Å². The van der Waals surface area contributed by atoms with Crippen molar-refractivity contribution >= 4 is 21.5 Å². The minimum absolute atomic E-state index is 0.271. The molecule has 9 heteroatoms. The van der Waals surface area contributed by atoms with E-state index in [-0.39, 0.29) is 21.9 Å². The molecule has 6 aromatic rings. The van der Waals surface area contributed by atoms with Crippen LogP contribution in [0.3, 0.4) is 0 Å². The Morgan fingerprint density at radius 2 is 0.927 bits per heavy atom. The second kappa shape index (κ2) is 10.1. The van der Waals surface area contributed by atoms with Crippen LogP contribution in [-0.2, 0) is 14.1 Å².